The van der Waals surface area contributed by atoms with E-state index in [1.807, 2.05) is 0 Å². The van der Waals surface area contributed by atoms with E-state index < -0.39 is 0 Å². The first-order valence-corrected chi connectivity index (χ1v) is 7.15. The molecular weight excluding hydrogens is 230 g/mol. The zero-order chi connectivity index (χ0) is 12.8. The van der Waals surface area contributed by atoms with Crippen LogP contribution in [-0.4, -0.2) is 75.1 Å². The molecule has 106 valence electrons. The summed E-state index contributed by atoms with van der Waals surface area (Å²) in [6, 6.07) is 0.472. The van der Waals surface area contributed by atoms with Crippen molar-refractivity contribution in [1.82, 2.24) is 9.80 Å². The van der Waals surface area contributed by atoms with Gasteiger partial charge in [0.1, 0.15) is 0 Å². The van der Waals surface area contributed by atoms with E-state index >= 15 is 0 Å². The van der Waals surface area contributed by atoms with Crippen molar-refractivity contribution >= 4 is 0 Å². The van der Waals surface area contributed by atoms with Gasteiger partial charge in [-0.25, -0.2) is 0 Å². The SMILES string of the molecule is CN1CCN(CCOC2CCCCO2)C(CN)C1. The summed E-state index contributed by atoms with van der Waals surface area (Å²) >= 11 is 0. The van der Waals surface area contributed by atoms with Gasteiger partial charge in [-0.1, -0.05) is 0 Å². The largest absolute Gasteiger partial charge is 0.353 e. The first kappa shape index (κ1) is 14.2. The lowest BCUT2D eigenvalue weighted by Gasteiger charge is -2.39. The molecule has 0 aromatic heterocycles. The first-order valence-electron chi connectivity index (χ1n) is 7.15. The van der Waals surface area contributed by atoms with E-state index in [9.17, 15) is 0 Å². The highest BCUT2D eigenvalue weighted by Gasteiger charge is 2.24. The lowest BCUT2D eigenvalue weighted by Crippen LogP contribution is -2.55. The normalized spacial score (nSPS) is 31.7. The number of ether oxygens (including phenoxy) is 2. The van der Waals surface area contributed by atoms with Gasteiger partial charge in [0.15, 0.2) is 6.29 Å². The summed E-state index contributed by atoms with van der Waals surface area (Å²) in [5.41, 5.74) is 5.84. The number of likely N-dealkylation sites (N-methyl/N-ethyl adjacent to an activating group) is 1. The van der Waals surface area contributed by atoms with Crippen LogP contribution in [0.4, 0.5) is 0 Å². The van der Waals surface area contributed by atoms with Crippen LogP contribution in [-0.2, 0) is 9.47 Å². The molecule has 0 aromatic rings. The highest BCUT2D eigenvalue weighted by Crippen LogP contribution is 2.14. The van der Waals surface area contributed by atoms with E-state index in [2.05, 4.69) is 16.8 Å². The van der Waals surface area contributed by atoms with Crippen LogP contribution in [0.1, 0.15) is 19.3 Å². The molecule has 2 saturated heterocycles. The minimum Gasteiger partial charge on any atom is -0.353 e. The summed E-state index contributed by atoms with van der Waals surface area (Å²) in [5.74, 6) is 0. The van der Waals surface area contributed by atoms with E-state index in [4.69, 9.17) is 15.2 Å². The van der Waals surface area contributed by atoms with E-state index in [0.29, 0.717) is 6.04 Å². The predicted octanol–water partition coefficient (Wildman–Crippen LogP) is 0.104. The Morgan fingerprint density at radius 3 is 2.94 bits per heavy atom. The molecule has 5 heteroatoms. The van der Waals surface area contributed by atoms with E-state index in [-0.39, 0.29) is 6.29 Å². The molecule has 2 heterocycles. The van der Waals surface area contributed by atoms with Crippen molar-refractivity contribution in [2.45, 2.75) is 31.6 Å². The number of piperazine rings is 1. The summed E-state index contributed by atoms with van der Waals surface area (Å²) in [6.07, 6.45) is 3.48. The van der Waals surface area contributed by atoms with Crippen LogP contribution >= 0.6 is 0 Å². The van der Waals surface area contributed by atoms with E-state index in [1.165, 1.54) is 12.8 Å². The van der Waals surface area contributed by atoms with E-state index in [0.717, 1.165) is 52.4 Å². The lowest BCUT2D eigenvalue weighted by molar-refractivity contribution is -0.165. The quantitative estimate of drug-likeness (QED) is 0.757. The van der Waals surface area contributed by atoms with Crippen molar-refractivity contribution in [3.63, 3.8) is 0 Å². The lowest BCUT2D eigenvalue weighted by atomic mass is 10.2. The molecule has 2 fully saturated rings. The Hall–Kier alpha value is -0.200. The number of nitrogens with zero attached hydrogens (tertiary/aromatic N) is 2. The zero-order valence-electron chi connectivity index (χ0n) is 11.5. The molecule has 0 spiro atoms. The fourth-order valence-electron chi connectivity index (χ4n) is 2.71. The van der Waals surface area contributed by atoms with Gasteiger partial charge < -0.3 is 20.1 Å². The van der Waals surface area contributed by atoms with Gasteiger partial charge >= 0.3 is 0 Å². The standard InChI is InChI=1S/C13H27N3O2/c1-15-5-6-16(12(10-14)11-15)7-9-18-13-4-2-3-8-17-13/h12-13H,2-11,14H2,1H3. The Morgan fingerprint density at radius 2 is 2.22 bits per heavy atom. The van der Waals surface area contributed by atoms with Crippen LogP contribution < -0.4 is 5.73 Å². The zero-order valence-corrected chi connectivity index (χ0v) is 11.5. The molecule has 0 saturated carbocycles. The molecule has 2 atom stereocenters. The maximum atomic E-state index is 5.84. The number of hydrogen-bond donors (Lipinski definition) is 1. The van der Waals surface area contributed by atoms with Gasteiger partial charge in [0.05, 0.1) is 6.61 Å². The van der Waals surface area contributed by atoms with Crippen molar-refractivity contribution in [3.8, 4) is 0 Å². The van der Waals surface area contributed by atoms with Gasteiger partial charge in [0, 0.05) is 45.4 Å². The van der Waals surface area contributed by atoms with Gasteiger partial charge in [-0.05, 0) is 26.3 Å². The third kappa shape index (κ3) is 4.17. The molecule has 0 amide bonds. The Labute approximate surface area is 110 Å². The monoisotopic (exact) mass is 257 g/mol. The summed E-state index contributed by atoms with van der Waals surface area (Å²) < 4.78 is 11.4. The van der Waals surface area contributed by atoms with Gasteiger partial charge in [0.25, 0.3) is 0 Å². The molecule has 18 heavy (non-hydrogen) atoms. The second-order valence-electron chi connectivity index (χ2n) is 5.35. The number of nitrogens with two attached hydrogens (primary N) is 1. The van der Waals surface area contributed by atoms with Crippen LogP contribution in [0.15, 0.2) is 0 Å². The minimum absolute atomic E-state index is 0.0301. The summed E-state index contributed by atoms with van der Waals surface area (Å²) in [5, 5.41) is 0. The van der Waals surface area contributed by atoms with Crippen LogP contribution in [0.3, 0.4) is 0 Å². The maximum absolute atomic E-state index is 5.84. The fourth-order valence-corrected chi connectivity index (χ4v) is 2.71. The fraction of sp³-hybridized carbons (Fsp3) is 1.00. The highest BCUT2D eigenvalue weighted by atomic mass is 16.7. The van der Waals surface area contributed by atoms with Gasteiger partial charge in [-0.3, -0.25) is 4.90 Å². The molecule has 2 aliphatic heterocycles. The predicted molar refractivity (Wildman–Crippen MR) is 71.5 cm³/mol. The Kier molecular flexibility index (Phi) is 5.85. The molecule has 0 aliphatic carbocycles. The second-order valence-corrected chi connectivity index (χ2v) is 5.35. The van der Waals surface area contributed by atoms with Crippen molar-refractivity contribution in [2.24, 2.45) is 5.73 Å². The highest BCUT2D eigenvalue weighted by molar-refractivity contribution is 4.81. The van der Waals surface area contributed by atoms with Gasteiger partial charge in [-0.2, -0.15) is 0 Å². The molecule has 5 nitrogen and oxygen atoms in total. The second kappa shape index (κ2) is 7.40. The maximum Gasteiger partial charge on any atom is 0.157 e. The first-order chi connectivity index (χ1) is 8.79. The minimum atomic E-state index is 0.0301. The topological polar surface area (TPSA) is 51.0 Å². The summed E-state index contributed by atoms with van der Waals surface area (Å²) in [6.45, 7) is 6.58. The molecule has 2 unspecified atom stereocenters. The van der Waals surface area contributed by atoms with Crippen LogP contribution in [0.25, 0.3) is 0 Å². The summed E-state index contributed by atoms with van der Waals surface area (Å²) in [7, 11) is 2.16. The number of hydrogen-bond acceptors (Lipinski definition) is 5. The van der Waals surface area contributed by atoms with Crippen molar-refractivity contribution < 1.29 is 9.47 Å². The molecular formula is C13H27N3O2. The molecule has 0 radical (unpaired) electrons. The van der Waals surface area contributed by atoms with Gasteiger partial charge in [-0.15, -0.1) is 0 Å². The summed E-state index contributed by atoms with van der Waals surface area (Å²) in [4.78, 5) is 4.79. The van der Waals surface area contributed by atoms with E-state index in [1.54, 1.807) is 0 Å². The molecule has 2 aliphatic rings. The van der Waals surface area contributed by atoms with Crippen LogP contribution in [0.5, 0.6) is 0 Å². The average Bonchev–Trinajstić information content (AvgIpc) is 2.41. The van der Waals surface area contributed by atoms with Crippen molar-refractivity contribution in [3.05, 3.63) is 0 Å². The van der Waals surface area contributed by atoms with Crippen LogP contribution in [0, 0.1) is 0 Å². The van der Waals surface area contributed by atoms with Crippen LogP contribution in [0.2, 0.25) is 0 Å². The molecule has 2 N–H and O–H groups in total. The third-order valence-corrected chi connectivity index (χ3v) is 3.90. The Morgan fingerprint density at radius 1 is 1.33 bits per heavy atom. The molecule has 2 rings (SSSR count). The number of rotatable bonds is 5. The molecule has 0 bridgehead atoms. The van der Waals surface area contributed by atoms with Crippen molar-refractivity contribution in [2.75, 3.05) is 53.0 Å². The van der Waals surface area contributed by atoms with Gasteiger partial charge in [0.2, 0.25) is 0 Å². The average molecular weight is 257 g/mol. The van der Waals surface area contributed by atoms with Crippen molar-refractivity contribution in [1.29, 1.82) is 0 Å². The third-order valence-electron chi connectivity index (χ3n) is 3.90. The Bertz CT molecular complexity index is 234. The molecule has 0 aromatic carbocycles. The Balaban J connectivity index is 1.65. The smallest absolute Gasteiger partial charge is 0.157 e.